The van der Waals surface area contributed by atoms with Crippen LogP contribution >= 0.6 is 0 Å². The van der Waals surface area contributed by atoms with E-state index in [1.54, 1.807) is 0 Å². The zero-order valence-corrected chi connectivity index (χ0v) is 7.52. The van der Waals surface area contributed by atoms with Crippen molar-refractivity contribution in [3.63, 3.8) is 0 Å². The SMILES string of the molecule is O=C([O-])CCCCC(=O)[O-].[Ti+2]. The van der Waals surface area contributed by atoms with Crippen molar-refractivity contribution in [1.82, 2.24) is 0 Å². The van der Waals surface area contributed by atoms with Gasteiger partial charge >= 0.3 is 21.7 Å². The molecule has 0 aliphatic heterocycles. The minimum atomic E-state index is -1.14. The maximum Gasteiger partial charge on any atom is 2.00 e. The standard InChI is InChI=1S/C6H10O4.Ti/c7-5(8)3-1-2-4-6(9)10;/h1-4H2,(H,7,8)(H,9,10);/q;+2/p-2. The molecule has 0 amide bonds. The molecule has 0 spiro atoms. The van der Waals surface area contributed by atoms with Gasteiger partial charge in [-0.1, -0.05) is 0 Å². The van der Waals surface area contributed by atoms with E-state index in [9.17, 15) is 19.8 Å². The maximum absolute atomic E-state index is 9.77. The monoisotopic (exact) mass is 192 g/mol. The molecule has 0 N–H and O–H groups in total. The van der Waals surface area contributed by atoms with Crippen molar-refractivity contribution >= 4 is 11.9 Å². The van der Waals surface area contributed by atoms with Gasteiger partial charge in [-0.3, -0.25) is 0 Å². The quantitative estimate of drug-likeness (QED) is 0.374. The summed E-state index contributed by atoms with van der Waals surface area (Å²) in [5.74, 6) is -2.28. The van der Waals surface area contributed by atoms with Gasteiger partial charge in [0.1, 0.15) is 0 Å². The van der Waals surface area contributed by atoms with E-state index in [0.29, 0.717) is 12.8 Å². The summed E-state index contributed by atoms with van der Waals surface area (Å²) in [5, 5.41) is 19.5. The third-order valence-corrected chi connectivity index (χ3v) is 1.01. The van der Waals surface area contributed by atoms with Gasteiger partial charge in [-0.2, -0.15) is 0 Å². The zero-order valence-electron chi connectivity index (χ0n) is 5.96. The van der Waals surface area contributed by atoms with E-state index in [-0.39, 0.29) is 34.6 Å². The van der Waals surface area contributed by atoms with Gasteiger partial charge in [-0.25, -0.2) is 0 Å². The van der Waals surface area contributed by atoms with Gasteiger partial charge in [0, 0.05) is 11.9 Å². The number of carbonyl (C=O) groups is 2. The summed E-state index contributed by atoms with van der Waals surface area (Å²) in [7, 11) is 0. The van der Waals surface area contributed by atoms with Crippen molar-refractivity contribution in [2.75, 3.05) is 0 Å². The number of carbonyl (C=O) groups excluding carboxylic acids is 2. The summed E-state index contributed by atoms with van der Waals surface area (Å²) >= 11 is 0. The van der Waals surface area contributed by atoms with Crippen LogP contribution in [0, 0.1) is 0 Å². The topological polar surface area (TPSA) is 80.3 Å². The smallest absolute Gasteiger partial charge is 0.550 e. The Kier molecular flexibility index (Phi) is 9.35. The van der Waals surface area contributed by atoms with Crippen LogP contribution in [-0.4, -0.2) is 11.9 Å². The number of hydrogen-bond donors (Lipinski definition) is 0. The van der Waals surface area contributed by atoms with Crippen LogP contribution in [-0.2, 0) is 31.3 Å². The largest absolute Gasteiger partial charge is 2.00 e. The van der Waals surface area contributed by atoms with E-state index in [1.807, 2.05) is 0 Å². The molecule has 0 radical (unpaired) electrons. The molecule has 0 heterocycles. The Morgan fingerprint density at radius 2 is 1.18 bits per heavy atom. The Morgan fingerprint density at radius 3 is 1.36 bits per heavy atom. The van der Waals surface area contributed by atoms with E-state index in [2.05, 4.69) is 0 Å². The van der Waals surface area contributed by atoms with Crippen LogP contribution in [0.1, 0.15) is 25.7 Å². The predicted molar refractivity (Wildman–Crippen MR) is 28.5 cm³/mol. The molecule has 0 aromatic carbocycles. The molecular weight excluding hydrogens is 184 g/mol. The molecule has 0 atom stereocenters. The van der Waals surface area contributed by atoms with E-state index >= 15 is 0 Å². The molecule has 0 aromatic rings. The summed E-state index contributed by atoms with van der Waals surface area (Å²) in [5.41, 5.74) is 0. The predicted octanol–water partition coefficient (Wildman–Crippen LogP) is -1.96. The number of aliphatic carboxylic acids is 2. The van der Waals surface area contributed by atoms with Crippen LogP contribution in [0.4, 0.5) is 0 Å². The molecule has 0 saturated heterocycles. The van der Waals surface area contributed by atoms with Gasteiger partial charge < -0.3 is 19.8 Å². The first kappa shape index (κ1) is 13.3. The maximum atomic E-state index is 9.77. The van der Waals surface area contributed by atoms with Gasteiger partial charge in [-0.15, -0.1) is 0 Å². The van der Waals surface area contributed by atoms with Crippen LogP contribution in [0.5, 0.6) is 0 Å². The average molecular weight is 192 g/mol. The molecule has 0 aliphatic rings. The number of unbranched alkanes of at least 4 members (excludes halogenated alkanes) is 1. The number of carboxylic acids is 2. The van der Waals surface area contributed by atoms with Crippen molar-refractivity contribution in [2.24, 2.45) is 0 Å². The molecule has 0 fully saturated rings. The van der Waals surface area contributed by atoms with Crippen LogP contribution in [0.25, 0.3) is 0 Å². The first-order valence-electron chi connectivity index (χ1n) is 3.02. The Balaban J connectivity index is 0. The minimum Gasteiger partial charge on any atom is -0.550 e. The van der Waals surface area contributed by atoms with E-state index < -0.39 is 11.9 Å². The normalized spacial score (nSPS) is 8.36. The second-order valence-electron chi connectivity index (χ2n) is 1.95. The number of carboxylic acid groups (broad SMARTS) is 2. The summed E-state index contributed by atoms with van der Waals surface area (Å²) in [6.07, 6.45) is 0.535. The minimum absolute atomic E-state index is 0. The van der Waals surface area contributed by atoms with Gasteiger partial charge in [-0.05, 0) is 25.7 Å². The fourth-order valence-corrected chi connectivity index (χ4v) is 0.539. The first-order chi connectivity index (χ1) is 4.63. The Morgan fingerprint density at radius 1 is 0.909 bits per heavy atom. The van der Waals surface area contributed by atoms with Crippen LogP contribution in [0.2, 0.25) is 0 Å². The molecule has 0 saturated carbocycles. The molecule has 0 bridgehead atoms. The van der Waals surface area contributed by atoms with Gasteiger partial charge in [0.05, 0.1) is 0 Å². The van der Waals surface area contributed by atoms with Gasteiger partial charge in [0.25, 0.3) is 0 Å². The zero-order chi connectivity index (χ0) is 7.98. The van der Waals surface area contributed by atoms with Crippen molar-refractivity contribution in [1.29, 1.82) is 0 Å². The number of hydrogen-bond acceptors (Lipinski definition) is 4. The van der Waals surface area contributed by atoms with Crippen LogP contribution in [0.3, 0.4) is 0 Å². The second kappa shape index (κ2) is 7.76. The van der Waals surface area contributed by atoms with Crippen molar-refractivity contribution in [3.05, 3.63) is 0 Å². The number of rotatable bonds is 5. The van der Waals surface area contributed by atoms with Gasteiger partial charge in [0.15, 0.2) is 0 Å². The second-order valence-corrected chi connectivity index (χ2v) is 1.95. The third kappa shape index (κ3) is 12.8. The Hall–Kier alpha value is -0.346. The van der Waals surface area contributed by atoms with Crippen LogP contribution < -0.4 is 10.2 Å². The Bertz CT molecular complexity index is 119. The van der Waals surface area contributed by atoms with Crippen molar-refractivity contribution in [3.8, 4) is 0 Å². The summed E-state index contributed by atoms with van der Waals surface area (Å²) < 4.78 is 0. The molecule has 0 aromatic heterocycles. The molecule has 0 rings (SSSR count). The summed E-state index contributed by atoms with van der Waals surface area (Å²) in [4.78, 5) is 19.5. The molecular formula is C6H8O4Ti. The molecule has 11 heavy (non-hydrogen) atoms. The molecule has 60 valence electrons. The van der Waals surface area contributed by atoms with Crippen molar-refractivity contribution in [2.45, 2.75) is 25.7 Å². The van der Waals surface area contributed by atoms with E-state index in [1.165, 1.54) is 0 Å². The summed E-state index contributed by atoms with van der Waals surface area (Å²) in [6, 6.07) is 0. The molecule has 5 heteroatoms. The Labute approximate surface area is 79.5 Å². The van der Waals surface area contributed by atoms with Crippen molar-refractivity contribution < 1.29 is 41.5 Å². The van der Waals surface area contributed by atoms with Gasteiger partial charge in [0.2, 0.25) is 0 Å². The average Bonchev–Trinajstić information content (AvgIpc) is 1.79. The third-order valence-electron chi connectivity index (χ3n) is 1.01. The first-order valence-corrected chi connectivity index (χ1v) is 3.02. The molecule has 0 unspecified atom stereocenters. The van der Waals surface area contributed by atoms with E-state index in [4.69, 9.17) is 0 Å². The fraction of sp³-hybridized carbons (Fsp3) is 0.667. The van der Waals surface area contributed by atoms with E-state index in [0.717, 1.165) is 0 Å². The van der Waals surface area contributed by atoms with Crippen LogP contribution in [0.15, 0.2) is 0 Å². The molecule has 0 aliphatic carbocycles. The fourth-order valence-electron chi connectivity index (χ4n) is 0.539. The molecule has 4 nitrogen and oxygen atoms in total. The summed E-state index contributed by atoms with van der Waals surface area (Å²) in [6.45, 7) is 0.